The topological polar surface area (TPSA) is 40.5 Å². The summed E-state index contributed by atoms with van der Waals surface area (Å²) in [5.41, 5.74) is 2.84. The van der Waals surface area contributed by atoms with Gasteiger partial charge in [0, 0.05) is 0 Å². The molecule has 5 aliphatic carbocycles. The molecule has 0 saturated heterocycles. The third-order valence-corrected chi connectivity index (χ3v) is 12.9. The summed E-state index contributed by atoms with van der Waals surface area (Å²) in [5.74, 6) is 1.47. The van der Waals surface area contributed by atoms with E-state index in [2.05, 4.69) is 61.5 Å². The first kappa shape index (κ1) is 23.4. The second-order valence-electron chi connectivity index (χ2n) is 15.4. The second-order valence-corrected chi connectivity index (χ2v) is 15.4. The van der Waals surface area contributed by atoms with Gasteiger partial charge in [0.15, 0.2) is 0 Å². The van der Waals surface area contributed by atoms with Crippen LogP contribution in [0, 0.1) is 50.2 Å². The molecule has 0 bridgehead atoms. The molecule has 0 aromatic heterocycles. The van der Waals surface area contributed by atoms with Crippen LogP contribution in [0.2, 0.25) is 0 Å². The van der Waals surface area contributed by atoms with E-state index < -0.39 is 0 Å². The highest BCUT2D eigenvalue weighted by Crippen LogP contribution is 2.75. The zero-order valence-corrected chi connectivity index (χ0v) is 22.2. The maximum atomic E-state index is 11.8. The van der Waals surface area contributed by atoms with Crippen molar-refractivity contribution < 1.29 is 10.2 Å². The van der Waals surface area contributed by atoms with Crippen molar-refractivity contribution >= 4 is 0 Å². The number of rotatable bonds is 0. The van der Waals surface area contributed by atoms with Crippen molar-refractivity contribution in [3.05, 3.63) is 11.6 Å². The Labute approximate surface area is 197 Å². The summed E-state index contributed by atoms with van der Waals surface area (Å²) < 4.78 is 0. The van der Waals surface area contributed by atoms with Crippen molar-refractivity contribution in [1.82, 2.24) is 0 Å². The molecule has 0 aliphatic heterocycles. The molecule has 2 N–H and O–H groups in total. The van der Waals surface area contributed by atoms with Crippen LogP contribution < -0.4 is 0 Å². The lowest BCUT2D eigenvalue weighted by molar-refractivity contribution is -0.241. The van der Waals surface area contributed by atoms with Gasteiger partial charge in [-0.25, -0.2) is 0 Å². The van der Waals surface area contributed by atoms with Crippen LogP contribution in [0.5, 0.6) is 0 Å². The van der Waals surface area contributed by atoms with Crippen molar-refractivity contribution in [3.8, 4) is 0 Å². The van der Waals surface area contributed by atoms with Gasteiger partial charge in [0.1, 0.15) is 0 Å². The van der Waals surface area contributed by atoms with Crippen LogP contribution in [0.3, 0.4) is 0 Å². The zero-order chi connectivity index (χ0) is 23.5. The van der Waals surface area contributed by atoms with E-state index in [1.807, 2.05) is 0 Å². The molecule has 0 amide bonds. The molecule has 32 heavy (non-hydrogen) atoms. The summed E-state index contributed by atoms with van der Waals surface area (Å²) in [5, 5.41) is 22.7. The van der Waals surface area contributed by atoms with E-state index in [1.165, 1.54) is 38.5 Å². The zero-order valence-electron chi connectivity index (χ0n) is 22.2. The number of hydrogen-bond acceptors (Lipinski definition) is 2. The van der Waals surface area contributed by atoms with Crippen LogP contribution in [0.4, 0.5) is 0 Å². The molecule has 2 unspecified atom stereocenters. The van der Waals surface area contributed by atoms with E-state index in [9.17, 15) is 10.2 Å². The first-order valence-corrected chi connectivity index (χ1v) is 13.7. The normalized spacial score (nSPS) is 56.2. The standard InChI is InChI=1S/C30H50O2/c1-25(2)13-14-27(5)15-16-29(7)19(20(27)17-25)9-10-22-28(6)12-11-23(32)26(3,4)24(28)21(31)18-30(22,29)8/h9,20-24,31-32H,10-18H2,1-8H3/t20-,21+,22?,23-,24?,27+,28+,29+,30+/m0/s1. The van der Waals surface area contributed by atoms with Crippen LogP contribution in [0.15, 0.2) is 11.6 Å². The van der Waals surface area contributed by atoms with Gasteiger partial charge in [0.2, 0.25) is 0 Å². The smallest absolute Gasteiger partial charge is 0.0595 e. The molecule has 2 heteroatoms. The highest BCUT2D eigenvalue weighted by atomic mass is 16.3. The summed E-state index contributed by atoms with van der Waals surface area (Å²) in [6.45, 7) is 19.6. The molecule has 5 aliphatic rings. The lowest BCUT2D eigenvalue weighted by Gasteiger charge is -2.72. The molecule has 0 aromatic carbocycles. The van der Waals surface area contributed by atoms with Gasteiger partial charge in [0.05, 0.1) is 12.2 Å². The highest BCUT2D eigenvalue weighted by Gasteiger charge is 2.69. The Bertz CT molecular complexity index is 825. The average molecular weight is 443 g/mol. The largest absolute Gasteiger partial charge is 0.393 e. The van der Waals surface area contributed by atoms with E-state index in [0.717, 1.165) is 19.3 Å². The van der Waals surface area contributed by atoms with Crippen molar-refractivity contribution in [1.29, 1.82) is 0 Å². The first-order chi connectivity index (χ1) is 14.6. The van der Waals surface area contributed by atoms with E-state index in [-0.39, 0.29) is 39.8 Å². The fraction of sp³-hybridized carbons (Fsp3) is 0.933. The summed E-state index contributed by atoms with van der Waals surface area (Å²) in [6.07, 6.45) is 12.8. The van der Waals surface area contributed by atoms with Gasteiger partial charge >= 0.3 is 0 Å². The van der Waals surface area contributed by atoms with E-state index >= 15 is 0 Å². The molecule has 5 rings (SSSR count). The minimum absolute atomic E-state index is 0.0901. The van der Waals surface area contributed by atoms with Gasteiger partial charge in [-0.3, -0.25) is 0 Å². The van der Waals surface area contributed by atoms with Crippen molar-refractivity contribution in [3.63, 3.8) is 0 Å². The molecule has 0 aromatic rings. The van der Waals surface area contributed by atoms with Crippen LogP contribution in [-0.2, 0) is 0 Å². The quantitative estimate of drug-likeness (QED) is 0.391. The Hall–Kier alpha value is -0.340. The molecular formula is C30H50O2. The molecule has 0 heterocycles. The molecule has 0 spiro atoms. The Kier molecular flexibility index (Phi) is 4.87. The molecule has 182 valence electrons. The Morgan fingerprint density at radius 1 is 0.812 bits per heavy atom. The van der Waals surface area contributed by atoms with Gasteiger partial charge in [-0.15, -0.1) is 0 Å². The van der Waals surface area contributed by atoms with E-state index in [0.29, 0.717) is 22.7 Å². The maximum absolute atomic E-state index is 11.8. The Morgan fingerprint density at radius 2 is 1.47 bits per heavy atom. The van der Waals surface area contributed by atoms with Crippen molar-refractivity contribution in [2.45, 2.75) is 125 Å². The summed E-state index contributed by atoms with van der Waals surface area (Å²) in [4.78, 5) is 0. The molecule has 4 fully saturated rings. The monoisotopic (exact) mass is 442 g/mol. The Balaban J connectivity index is 1.60. The maximum Gasteiger partial charge on any atom is 0.0595 e. The molecule has 4 saturated carbocycles. The van der Waals surface area contributed by atoms with Crippen LogP contribution in [0.25, 0.3) is 0 Å². The number of hydrogen-bond donors (Lipinski definition) is 2. The number of aliphatic hydroxyl groups is 2. The highest BCUT2D eigenvalue weighted by molar-refractivity contribution is 5.34. The number of aliphatic hydroxyl groups excluding tert-OH is 2. The van der Waals surface area contributed by atoms with Crippen LogP contribution >= 0.6 is 0 Å². The van der Waals surface area contributed by atoms with Gasteiger partial charge in [-0.2, -0.15) is 0 Å². The fourth-order valence-electron chi connectivity index (χ4n) is 10.7. The lowest BCUT2D eigenvalue weighted by atomic mass is 9.33. The minimum Gasteiger partial charge on any atom is -0.393 e. The Morgan fingerprint density at radius 3 is 2.16 bits per heavy atom. The third-order valence-electron chi connectivity index (χ3n) is 12.9. The van der Waals surface area contributed by atoms with Crippen LogP contribution in [0.1, 0.15) is 113 Å². The van der Waals surface area contributed by atoms with E-state index in [4.69, 9.17) is 0 Å². The molecule has 0 radical (unpaired) electrons. The van der Waals surface area contributed by atoms with Gasteiger partial charge in [0.25, 0.3) is 0 Å². The average Bonchev–Trinajstić information content (AvgIpc) is 2.67. The summed E-state index contributed by atoms with van der Waals surface area (Å²) >= 11 is 0. The van der Waals surface area contributed by atoms with Crippen molar-refractivity contribution in [2.75, 3.05) is 0 Å². The SMILES string of the molecule is CC1(C)CC[C@]2(C)CC[C@]3(C)C(=CCC4[C@@]5(C)CC[C@H](O)C(C)(C)C5[C@H](O)C[C@]43C)[C@@H]2C1. The van der Waals surface area contributed by atoms with Gasteiger partial charge < -0.3 is 10.2 Å². The lowest BCUT2D eigenvalue weighted by Crippen LogP contribution is -2.68. The molecule has 9 atom stereocenters. The van der Waals surface area contributed by atoms with Crippen molar-refractivity contribution in [2.24, 2.45) is 50.2 Å². The van der Waals surface area contributed by atoms with Gasteiger partial charge in [-0.1, -0.05) is 67.0 Å². The predicted octanol–water partition coefficient (Wildman–Crippen LogP) is 7.14. The molecular weight excluding hydrogens is 392 g/mol. The number of allylic oxidation sites excluding steroid dienone is 2. The van der Waals surface area contributed by atoms with Crippen LogP contribution in [-0.4, -0.2) is 22.4 Å². The van der Waals surface area contributed by atoms with E-state index in [1.54, 1.807) is 5.57 Å². The summed E-state index contributed by atoms with van der Waals surface area (Å²) in [7, 11) is 0. The van der Waals surface area contributed by atoms with Gasteiger partial charge in [-0.05, 0) is 108 Å². The minimum atomic E-state index is -0.321. The summed E-state index contributed by atoms with van der Waals surface area (Å²) in [6, 6.07) is 0. The number of fused-ring (bicyclic) bond motifs is 7. The fourth-order valence-corrected chi connectivity index (χ4v) is 10.7. The second kappa shape index (κ2) is 6.66. The predicted molar refractivity (Wildman–Crippen MR) is 132 cm³/mol. The first-order valence-electron chi connectivity index (χ1n) is 13.7. The molecule has 2 nitrogen and oxygen atoms in total. The third kappa shape index (κ3) is 2.78.